The van der Waals surface area contributed by atoms with Crippen molar-refractivity contribution in [1.82, 2.24) is 15.1 Å². The van der Waals surface area contributed by atoms with Gasteiger partial charge in [0.05, 0.1) is 11.7 Å². The molecule has 1 atom stereocenters. The van der Waals surface area contributed by atoms with Crippen LogP contribution in [-0.2, 0) is 4.79 Å². The van der Waals surface area contributed by atoms with Gasteiger partial charge in [0.15, 0.2) is 0 Å². The summed E-state index contributed by atoms with van der Waals surface area (Å²) in [7, 11) is 0. The Morgan fingerprint density at radius 2 is 2.00 bits per heavy atom. The van der Waals surface area contributed by atoms with Crippen molar-refractivity contribution >= 4 is 5.91 Å². The first-order valence-electron chi connectivity index (χ1n) is 7.46. The fraction of sp³-hybridized carbons (Fsp3) is 0.929. The Morgan fingerprint density at radius 3 is 2.50 bits per heavy atom. The Hall–Kier alpha value is -0.610. The molecule has 3 fully saturated rings. The zero-order valence-electron chi connectivity index (χ0n) is 11.6. The molecule has 3 rings (SSSR count). The zero-order valence-corrected chi connectivity index (χ0v) is 11.6. The largest absolute Gasteiger partial charge is 0.326 e. The summed E-state index contributed by atoms with van der Waals surface area (Å²) in [6.07, 6.45) is 4.82. The summed E-state index contributed by atoms with van der Waals surface area (Å²) in [5.74, 6) is 1.07. The summed E-state index contributed by atoms with van der Waals surface area (Å²) >= 11 is 0. The van der Waals surface area contributed by atoms with Crippen LogP contribution < -0.4 is 5.32 Å². The molecular formula is C14H25N3O. The van der Waals surface area contributed by atoms with Gasteiger partial charge >= 0.3 is 0 Å². The molecule has 1 saturated carbocycles. The van der Waals surface area contributed by atoms with Crippen LogP contribution in [0, 0.1) is 5.92 Å². The molecule has 1 amide bonds. The van der Waals surface area contributed by atoms with E-state index in [-0.39, 0.29) is 11.7 Å². The fourth-order valence-electron chi connectivity index (χ4n) is 3.48. The number of piperidine rings is 1. The predicted molar refractivity (Wildman–Crippen MR) is 71.1 cm³/mol. The normalized spacial score (nSPS) is 32.4. The number of likely N-dealkylation sites (tertiary alicyclic amines) is 1. The molecule has 0 aromatic heterocycles. The molecule has 1 spiro atoms. The molecule has 1 aliphatic carbocycles. The lowest BCUT2D eigenvalue weighted by molar-refractivity contribution is -0.131. The van der Waals surface area contributed by atoms with Crippen LogP contribution in [0.25, 0.3) is 0 Å². The van der Waals surface area contributed by atoms with Crippen LogP contribution in [0.2, 0.25) is 0 Å². The van der Waals surface area contributed by atoms with Crippen molar-refractivity contribution < 1.29 is 4.79 Å². The van der Waals surface area contributed by atoms with E-state index in [0.29, 0.717) is 11.8 Å². The Balaban J connectivity index is 1.55. The molecule has 2 saturated heterocycles. The van der Waals surface area contributed by atoms with E-state index in [1.54, 1.807) is 0 Å². The summed E-state index contributed by atoms with van der Waals surface area (Å²) < 4.78 is 0. The third-order valence-corrected chi connectivity index (χ3v) is 4.98. The number of nitrogens with one attached hydrogen (secondary N) is 1. The van der Waals surface area contributed by atoms with E-state index in [2.05, 4.69) is 29.0 Å². The highest BCUT2D eigenvalue weighted by Gasteiger charge is 2.58. The maximum Gasteiger partial charge on any atom is 0.244 e. The van der Waals surface area contributed by atoms with Gasteiger partial charge in [-0.2, -0.15) is 0 Å². The van der Waals surface area contributed by atoms with Crippen molar-refractivity contribution in [3.63, 3.8) is 0 Å². The van der Waals surface area contributed by atoms with E-state index in [1.807, 2.05) is 0 Å². The van der Waals surface area contributed by atoms with Crippen LogP contribution in [0.15, 0.2) is 0 Å². The van der Waals surface area contributed by atoms with E-state index in [0.717, 1.165) is 25.9 Å². The number of hydrogen-bond donors (Lipinski definition) is 1. The summed E-state index contributed by atoms with van der Waals surface area (Å²) in [6.45, 7) is 8.90. The van der Waals surface area contributed by atoms with Gasteiger partial charge in [-0.3, -0.25) is 10.1 Å². The lowest BCUT2D eigenvalue weighted by atomic mass is 9.96. The second-order valence-corrected chi connectivity index (χ2v) is 6.24. The van der Waals surface area contributed by atoms with Gasteiger partial charge in [0.25, 0.3) is 0 Å². The topological polar surface area (TPSA) is 35.6 Å². The van der Waals surface area contributed by atoms with Gasteiger partial charge in [-0.15, -0.1) is 0 Å². The fourth-order valence-corrected chi connectivity index (χ4v) is 3.48. The van der Waals surface area contributed by atoms with Crippen molar-refractivity contribution in [2.75, 3.05) is 26.2 Å². The summed E-state index contributed by atoms with van der Waals surface area (Å²) in [6, 6.07) is 0. The first-order chi connectivity index (χ1) is 8.64. The number of rotatable bonds is 3. The third-order valence-electron chi connectivity index (χ3n) is 4.98. The third kappa shape index (κ3) is 2.05. The molecule has 1 N–H and O–H groups in total. The minimum atomic E-state index is -0.135. The highest BCUT2D eigenvalue weighted by molar-refractivity contribution is 5.91. The van der Waals surface area contributed by atoms with Crippen molar-refractivity contribution in [3.8, 4) is 0 Å². The van der Waals surface area contributed by atoms with Crippen LogP contribution in [-0.4, -0.2) is 53.6 Å². The van der Waals surface area contributed by atoms with Crippen LogP contribution >= 0.6 is 0 Å². The quantitative estimate of drug-likeness (QED) is 0.814. The number of nitrogens with zero attached hydrogens (tertiary/aromatic N) is 2. The maximum absolute atomic E-state index is 12.3. The van der Waals surface area contributed by atoms with Gasteiger partial charge in [-0.25, -0.2) is 0 Å². The van der Waals surface area contributed by atoms with Crippen LogP contribution in [0.1, 0.15) is 39.5 Å². The lowest BCUT2D eigenvalue weighted by Gasteiger charge is -2.34. The first-order valence-corrected chi connectivity index (χ1v) is 7.46. The van der Waals surface area contributed by atoms with Gasteiger partial charge in [-0.1, -0.05) is 6.92 Å². The average molecular weight is 251 g/mol. The molecule has 0 radical (unpaired) electrons. The van der Waals surface area contributed by atoms with Crippen LogP contribution in [0.5, 0.6) is 0 Å². The van der Waals surface area contributed by atoms with Gasteiger partial charge < -0.3 is 9.80 Å². The molecule has 4 nitrogen and oxygen atoms in total. The van der Waals surface area contributed by atoms with Crippen LogP contribution in [0.3, 0.4) is 0 Å². The summed E-state index contributed by atoms with van der Waals surface area (Å²) in [5, 5.41) is 3.48. The molecule has 0 bridgehead atoms. The van der Waals surface area contributed by atoms with Crippen molar-refractivity contribution in [3.05, 3.63) is 0 Å². The lowest BCUT2D eigenvalue weighted by Crippen LogP contribution is -2.42. The molecule has 2 aliphatic heterocycles. The minimum Gasteiger partial charge on any atom is -0.326 e. The molecule has 2 heterocycles. The molecule has 1 unspecified atom stereocenters. The van der Waals surface area contributed by atoms with E-state index in [1.165, 1.54) is 25.9 Å². The van der Waals surface area contributed by atoms with Gasteiger partial charge in [-0.05, 0) is 58.2 Å². The first kappa shape index (κ1) is 12.4. The smallest absolute Gasteiger partial charge is 0.244 e. The van der Waals surface area contributed by atoms with E-state index >= 15 is 0 Å². The second-order valence-electron chi connectivity index (χ2n) is 6.24. The van der Waals surface area contributed by atoms with Crippen molar-refractivity contribution in [1.29, 1.82) is 0 Å². The highest BCUT2D eigenvalue weighted by atomic mass is 16.2. The number of carbonyl (C=O) groups is 1. The van der Waals surface area contributed by atoms with Crippen molar-refractivity contribution in [2.24, 2.45) is 5.92 Å². The number of hydrogen-bond acceptors (Lipinski definition) is 3. The highest BCUT2D eigenvalue weighted by Crippen LogP contribution is 2.42. The average Bonchev–Trinajstić information content (AvgIpc) is 3.12. The maximum atomic E-state index is 12.3. The molecule has 0 aromatic carbocycles. The Labute approximate surface area is 110 Å². The molecule has 4 heteroatoms. The molecule has 18 heavy (non-hydrogen) atoms. The van der Waals surface area contributed by atoms with Crippen LogP contribution in [0.4, 0.5) is 0 Å². The van der Waals surface area contributed by atoms with Crippen molar-refractivity contribution in [2.45, 2.75) is 51.2 Å². The Morgan fingerprint density at radius 1 is 1.33 bits per heavy atom. The summed E-state index contributed by atoms with van der Waals surface area (Å²) in [4.78, 5) is 16.9. The molecular weight excluding hydrogens is 226 g/mol. The number of amides is 1. The van der Waals surface area contributed by atoms with Gasteiger partial charge in [0, 0.05) is 6.54 Å². The standard InChI is InChI=1S/C14H25N3O/c1-3-16-8-4-12(5-9-16)10-17-11(2)15-14(6-7-14)13(17)18/h11-12,15H,3-10H2,1-2H3. The minimum absolute atomic E-state index is 0.135. The van der Waals surface area contributed by atoms with Gasteiger partial charge in [0.1, 0.15) is 0 Å². The monoisotopic (exact) mass is 251 g/mol. The van der Waals surface area contributed by atoms with E-state index < -0.39 is 0 Å². The van der Waals surface area contributed by atoms with E-state index in [9.17, 15) is 4.79 Å². The van der Waals surface area contributed by atoms with Gasteiger partial charge in [0.2, 0.25) is 5.91 Å². The molecule has 3 aliphatic rings. The zero-order chi connectivity index (χ0) is 12.8. The van der Waals surface area contributed by atoms with E-state index in [4.69, 9.17) is 0 Å². The summed E-state index contributed by atoms with van der Waals surface area (Å²) in [5.41, 5.74) is -0.135. The second kappa shape index (κ2) is 4.49. The predicted octanol–water partition coefficient (Wildman–Crippen LogP) is 1.03. The number of carbonyl (C=O) groups excluding carboxylic acids is 1. The Kier molecular flexibility index (Phi) is 3.10. The SMILES string of the molecule is CCN1CCC(CN2C(=O)C3(CC3)NC2C)CC1. The molecule has 0 aromatic rings. The molecule has 102 valence electrons. The Bertz CT molecular complexity index is 332.